The van der Waals surface area contributed by atoms with Crippen molar-refractivity contribution in [2.75, 3.05) is 10.2 Å². The third-order valence-electron chi connectivity index (χ3n) is 5.97. The Balaban J connectivity index is 1.67. The molecule has 170 valence electrons. The van der Waals surface area contributed by atoms with Crippen LogP contribution in [0.2, 0.25) is 0 Å². The highest BCUT2D eigenvalue weighted by atomic mass is 16.4. The molecule has 0 saturated carbocycles. The number of rotatable bonds is 7. The molecule has 33 heavy (non-hydrogen) atoms. The lowest BCUT2D eigenvalue weighted by molar-refractivity contribution is 0.0999. The van der Waals surface area contributed by atoms with Gasteiger partial charge < -0.3 is 26.0 Å². The Bertz CT molecular complexity index is 1180. The van der Waals surface area contributed by atoms with Crippen molar-refractivity contribution in [2.45, 2.75) is 45.7 Å². The Morgan fingerprint density at radius 2 is 2.03 bits per heavy atom. The molecule has 0 fully saturated rings. The number of nitrogens with one attached hydrogen (secondary N) is 1. The van der Waals surface area contributed by atoms with Gasteiger partial charge in [-0.1, -0.05) is 44.2 Å². The molecule has 9 heteroatoms. The van der Waals surface area contributed by atoms with Crippen molar-refractivity contribution in [3.8, 4) is 0 Å². The summed E-state index contributed by atoms with van der Waals surface area (Å²) in [4.78, 5) is 23.5. The summed E-state index contributed by atoms with van der Waals surface area (Å²) >= 11 is 0. The van der Waals surface area contributed by atoms with Crippen molar-refractivity contribution in [1.82, 2.24) is 9.97 Å². The molecule has 1 aliphatic heterocycles. The van der Waals surface area contributed by atoms with Crippen LogP contribution in [-0.4, -0.2) is 39.1 Å². The predicted octanol–water partition coefficient (Wildman–Crippen LogP) is 2.07. The molecule has 4 rings (SSSR count). The van der Waals surface area contributed by atoms with Crippen LogP contribution in [0.4, 0.5) is 17.5 Å². The number of benzene rings is 2. The van der Waals surface area contributed by atoms with E-state index in [1.807, 2.05) is 29.3 Å². The quantitative estimate of drug-likeness (QED) is 0.411. The van der Waals surface area contributed by atoms with Gasteiger partial charge in [-0.05, 0) is 48.0 Å². The van der Waals surface area contributed by atoms with E-state index in [2.05, 4.69) is 31.1 Å². The fraction of sp³-hybridized carbons (Fsp3) is 0.292. The van der Waals surface area contributed by atoms with Crippen molar-refractivity contribution < 1.29 is 14.8 Å². The lowest BCUT2D eigenvalue weighted by Crippen LogP contribution is -2.30. The summed E-state index contributed by atoms with van der Waals surface area (Å²) in [6.07, 6.45) is 2.52. The highest BCUT2D eigenvalue weighted by Crippen LogP contribution is 2.39. The molecule has 8 nitrogen and oxygen atoms in total. The first kappa shape index (κ1) is 22.8. The van der Waals surface area contributed by atoms with Crippen molar-refractivity contribution in [3.05, 3.63) is 70.9 Å². The average Bonchev–Trinajstić information content (AvgIpc) is 3.13. The second-order valence-corrected chi connectivity index (χ2v) is 8.69. The van der Waals surface area contributed by atoms with Crippen LogP contribution in [0.5, 0.6) is 0 Å². The number of primary amides is 1. The van der Waals surface area contributed by atoms with Crippen LogP contribution in [0.1, 0.15) is 53.7 Å². The molecule has 2 aromatic carbocycles. The lowest BCUT2D eigenvalue weighted by Gasteiger charge is -2.24. The molecule has 1 atom stereocenters. The summed E-state index contributed by atoms with van der Waals surface area (Å²) in [6.45, 7) is 6.70. The molecular weight excluding hydrogens is 417 g/mol. The zero-order chi connectivity index (χ0) is 23.7. The van der Waals surface area contributed by atoms with E-state index >= 15 is 0 Å². The Morgan fingerprint density at radius 3 is 2.73 bits per heavy atom. The smallest absolute Gasteiger partial charge is 0.423 e. The highest BCUT2D eigenvalue weighted by molar-refractivity contribution is 6.58. The number of carbonyl (C=O) groups excluding carboxylic acids is 1. The number of hydrogen-bond donors (Lipinski definition) is 4. The Kier molecular flexibility index (Phi) is 6.35. The van der Waals surface area contributed by atoms with Crippen molar-refractivity contribution in [1.29, 1.82) is 0 Å². The third kappa shape index (κ3) is 4.55. The average molecular weight is 445 g/mol. The molecule has 5 N–H and O–H groups in total. The van der Waals surface area contributed by atoms with Crippen molar-refractivity contribution in [2.24, 2.45) is 5.73 Å². The predicted molar refractivity (Wildman–Crippen MR) is 130 cm³/mol. The van der Waals surface area contributed by atoms with Crippen LogP contribution >= 0.6 is 0 Å². The first-order valence-corrected chi connectivity index (χ1v) is 11.0. The summed E-state index contributed by atoms with van der Waals surface area (Å²) in [5.74, 6) is 1.04. The molecule has 0 spiro atoms. The maximum atomic E-state index is 11.9. The van der Waals surface area contributed by atoms with Crippen molar-refractivity contribution >= 4 is 35.9 Å². The Hall–Kier alpha value is -3.43. The van der Waals surface area contributed by atoms with Gasteiger partial charge >= 0.3 is 7.12 Å². The Morgan fingerprint density at radius 1 is 1.27 bits per heavy atom. The number of fused-ring (bicyclic) bond motifs is 1. The van der Waals surface area contributed by atoms with E-state index in [9.17, 15) is 14.8 Å². The number of anilines is 3. The summed E-state index contributed by atoms with van der Waals surface area (Å²) in [6, 6.07) is 12.7. The maximum absolute atomic E-state index is 11.9. The van der Waals surface area contributed by atoms with Crippen LogP contribution < -0.4 is 21.4 Å². The van der Waals surface area contributed by atoms with Crippen LogP contribution in [0.3, 0.4) is 0 Å². The van der Waals surface area contributed by atoms with Gasteiger partial charge in [-0.15, -0.1) is 0 Å². The van der Waals surface area contributed by atoms with E-state index in [0.29, 0.717) is 29.9 Å². The minimum Gasteiger partial charge on any atom is -0.423 e. The van der Waals surface area contributed by atoms with Crippen LogP contribution in [0.25, 0.3) is 0 Å². The number of aromatic nitrogens is 2. The third-order valence-corrected chi connectivity index (χ3v) is 5.97. The lowest BCUT2D eigenvalue weighted by atomic mass is 9.79. The highest BCUT2D eigenvalue weighted by Gasteiger charge is 2.32. The van der Waals surface area contributed by atoms with Gasteiger partial charge in [-0.25, -0.2) is 4.98 Å². The SMILES string of the molecule is CC(C)c1cnc(N2c3cccc(C(N)=O)c3CC2C)nc1NCc1cccc(B(O)O)c1. The normalized spacial score (nSPS) is 15.0. The molecule has 0 radical (unpaired) electrons. The summed E-state index contributed by atoms with van der Waals surface area (Å²) in [5, 5.41) is 22.3. The second kappa shape index (κ2) is 9.21. The van der Waals surface area contributed by atoms with Crippen molar-refractivity contribution in [3.63, 3.8) is 0 Å². The van der Waals surface area contributed by atoms with E-state index in [1.54, 1.807) is 24.3 Å². The van der Waals surface area contributed by atoms with Gasteiger partial charge in [0.2, 0.25) is 11.9 Å². The largest absolute Gasteiger partial charge is 0.488 e. The van der Waals surface area contributed by atoms with Gasteiger partial charge in [0, 0.05) is 35.6 Å². The molecule has 2 heterocycles. The topological polar surface area (TPSA) is 125 Å². The van der Waals surface area contributed by atoms with E-state index in [0.717, 1.165) is 28.2 Å². The van der Waals surface area contributed by atoms with Gasteiger partial charge in [-0.2, -0.15) is 4.98 Å². The van der Waals surface area contributed by atoms with Gasteiger partial charge in [0.05, 0.1) is 0 Å². The van der Waals surface area contributed by atoms with Crippen LogP contribution in [0.15, 0.2) is 48.7 Å². The fourth-order valence-corrected chi connectivity index (χ4v) is 4.29. The maximum Gasteiger partial charge on any atom is 0.488 e. The molecule has 0 bridgehead atoms. The zero-order valence-corrected chi connectivity index (χ0v) is 19.0. The summed E-state index contributed by atoms with van der Waals surface area (Å²) in [7, 11) is -1.51. The number of nitrogens with two attached hydrogens (primary N) is 1. The summed E-state index contributed by atoms with van der Waals surface area (Å²) in [5.41, 5.74) is 10.3. The molecule has 1 aromatic heterocycles. The summed E-state index contributed by atoms with van der Waals surface area (Å²) < 4.78 is 0. The fourth-order valence-electron chi connectivity index (χ4n) is 4.29. The molecule has 1 aliphatic rings. The van der Waals surface area contributed by atoms with Gasteiger partial charge in [-0.3, -0.25) is 4.79 Å². The standard InChI is InChI=1S/C24H28BN5O3/c1-14(2)20-13-28-24(29-23(20)27-12-16-6-4-7-17(11-16)25(32)33)30-15(3)10-19-18(22(26)31)8-5-9-21(19)30/h4-9,11,13-15,32-33H,10,12H2,1-3H3,(H2,26,31)(H,27,28,29). The first-order chi connectivity index (χ1) is 15.8. The molecule has 1 unspecified atom stereocenters. The number of amides is 1. The Labute approximate surface area is 193 Å². The van der Waals surface area contributed by atoms with E-state index in [-0.39, 0.29) is 12.0 Å². The van der Waals surface area contributed by atoms with Crippen LogP contribution in [0, 0.1) is 0 Å². The number of carbonyl (C=O) groups is 1. The van der Waals surface area contributed by atoms with E-state index in [1.165, 1.54) is 0 Å². The number of nitrogens with zero attached hydrogens (tertiary/aromatic N) is 3. The first-order valence-electron chi connectivity index (χ1n) is 11.0. The minimum absolute atomic E-state index is 0.0703. The van der Waals surface area contributed by atoms with E-state index in [4.69, 9.17) is 10.7 Å². The van der Waals surface area contributed by atoms with Gasteiger partial charge in [0.1, 0.15) is 5.82 Å². The minimum atomic E-state index is -1.51. The molecule has 1 amide bonds. The molecule has 0 saturated heterocycles. The zero-order valence-electron chi connectivity index (χ0n) is 19.0. The number of hydrogen-bond acceptors (Lipinski definition) is 7. The molecular formula is C24H28BN5O3. The monoisotopic (exact) mass is 445 g/mol. The molecule has 3 aromatic rings. The van der Waals surface area contributed by atoms with Gasteiger partial charge in [0.15, 0.2) is 0 Å². The van der Waals surface area contributed by atoms with Gasteiger partial charge in [0.25, 0.3) is 0 Å². The van der Waals surface area contributed by atoms with Crippen LogP contribution in [-0.2, 0) is 13.0 Å². The van der Waals surface area contributed by atoms with E-state index < -0.39 is 13.0 Å². The molecule has 0 aliphatic carbocycles. The second-order valence-electron chi connectivity index (χ2n) is 8.69.